The van der Waals surface area contributed by atoms with Gasteiger partial charge < -0.3 is 10.4 Å². The molecule has 0 saturated heterocycles. The van der Waals surface area contributed by atoms with Gasteiger partial charge in [0.25, 0.3) is 5.91 Å². The van der Waals surface area contributed by atoms with E-state index >= 15 is 0 Å². The van der Waals surface area contributed by atoms with E-state index < -0.39 is 17.9 Å². The van der Waals surface area contributed by atoms with Crippen LogP contribution in [0, 0.1) is 12.3 Å². The molecule has 1 unspecified atom stereocenters. The van der Waals surface area contributed by atoms with E-state index in [1.54, 1.807) is 4.57 Å². The van der Waals surface area contributed by atoms with Crippen LogP contribution in [0.25, 0.3) is 5.69 Å². The first-order valence-electron chi connectivity index (χ1n) is 6.18. The van der Waals surface area contributed by atoms with Gasteiger partial charge in [0.05, 0.1) is 12.5 Å². The van der Waals surface area contributed by atoms with Crippen molar-refractivity contribution in [1.29, 1.82) is 0 Å². The van der Waals surface area contributed by atoms with Crippen LogP contribution < -0.4 is 5.32 Å². The average Bonchev–Trinajstić information content (AvgIpc) is 2.97. The van der Waals surface area contributed by atoms with Crippen LogP contribution in [0.15, 0.2) is 42.9 Å². The molecule has 0 saturated carbocycles. The van der Waals surface area contributed by atoms with Crippen LogP contribution in [0.5, 0.6) is 0 Å². The van der Waals surface area contributed by atoms with Crippen molar-refractivity contribution in [1.82, 2.24) is 14.9 Å². The monoisotopic (exact) mass is 283 g/mol. The fourth-order valence-corrected chi connectivity index (χ4v) is 1.81. The molecule has 6 nitrogen and oxygen atoms in total. The molecule has 1 heterocycles. The average molecular weight is 283 g/mol. The molecule has 0 fully saturated rings. The number of hydrogen-bond acceptors (Lipinski definition) is 3. The Labute approximate surface area is 121 Å². The van der Waals surface area contributed by atoms with Crippen molar-refractivity contribution in [2.24, 2.45) is 0 Å². The lowest BCUT2D eigenvalue weighted by Crippen LogP contribution is -2.41. The molecule has 0 aliphatic heterocycles. The van der Waals surface area contributed by atoms with Crippen LogP contribution in [-0.4, -0.2) is 32.6 Å². The topological polar surface area (TPSA) is 84.2 Å². The number of carbonyl (C=O) groups excluding carboxylic acids is 1. The summed E-state index contributed by atoms with van der Waals surface area (Å²) in [5.74, 6) is 0.512. The normalized spacial score (nSPS) is 11.4. The lowest BCUT2D eigenvalue weighted by Gasteiger charge is -2.13. The fraction of sp³-hybridized carbons (Fsp3) is 0.133. The zero-order chi connectivity index (χ0) is 15.2. The first-order chi connectivity index (χ1) is 10.1. The second kappa shape index (κ2) is 6.39. The number of hydrogen-bond donors (Lipinski definition) is 2. The van der Waals surface area contributed by atoms with Gasteiger partial charge in [-0.15, -0.1) is 12.3 Å². The summed E-state index contributed by atoms with van der Waals surface area (Å²) in [4.78, 5) is 27.1. The summed E-state index contributed by atoms with van der Waals surface area (Å²) in [5, 5.41) is 11.4. The molecule has 0 aliphatic carbocycles. The zero-order valence-corrected chi connectivity index (χ0v) is 11.1. The van der Waals surface area contributed by atoms with Crippen LogP contribution in [0.4, 0.5) is 0 Å². The van der Waals surface area contributed by atoms with E-state index in [1.165, 1.54) is 12.5 Å². The van der Waals surface area contributed by atoms with Gasteiger partial charge in [-0.05, 0) is 12.1 Å². The van der Waals surface area contributed by atoms with E-state index in [0.717, 1.165) is 5.69 Å². The van der Waals surface area contributed by atoms with Crippen molar-refractivity contribution in [2.75, 3.05) is 0 Å². The Balaban J connectivity index is 2.24. The second-order valence-corrected chi connectivity index (χ2v) is 4.26. The lowest BCUT2D eigenvalue weighted by molar-refractivity contribution is -0.139. The molecule has 2 rings (SSSR count). The van der Waals surface area contributed by atoms with E-state index in [-0.39, 0.29) is 12.1 Å². The van der Waals surface area contributed by atoms with E-state index in [2.05, 4.69) is 16.2 Å². The number of terminal acetylenes is 1. The quantitative estimate of drug-likeness (QED) is 0.804. The molecule has 1 amide bonds. The SMILES string of the molecule is C#CCC(NC(=O)c1cncn1-c1ccccc1)C(=O)O. The van der Waals surface area contributed by atoms with E-state index in [0.29, 0.717) is 0 Å². The summed E-state index contributed by atoms with van der Waals surface area (Å²) in [5.41, 5.74) is 0.994. The number of benzene rings is 1. The highest BCUT2D eigenvalue weighted by atomic mass is 16.4. The van der Waals surface area contributed by atoms with Crippen molar-refractivity contribution in [3.8, 4) is 18.0 Å². The van der Waals surface area contributed by atoms with E-state index in [1.807, 2.05) is 30.3 Å². The van der Waals surface area contributed by atoms with Crippen LogP contribution in [0.2, 0.25) is 0 Å². The second-order valence-electron chi connectivity index (χ2n) is 4.26. The Kier molecular flexibility index (Phi) is 4.36. The van der Waals surface area contributed by atoms with Crippen molar-refractivity contribution in [2.45, 2.75) is 12.5 Å². The Hall–Kier alpha value is -3.07. The number of carboxylic acids is 1. The Bertz CT molecular complexity index is 686. The Morgan fingerprint density at radius 3 is 2.71 bits per heavy atom. The van der Waals surface area contributed by atoms with Gasteiger partial charge in [-0.3, -0.25) is 9.36 Å². The van der Waals surface area contributed by atoms with Gasteiger partial charge in [0.2, 0.25) is 0 Å². The summed E-state index contributed by atoms with van der Waals surface area (Å²) in [6.45, 7) is 0. The predicted octanol–water partition coefficient (Wildman–Crippen LogP) is 1.08. The van der Waals surface area contributed by atoms with Crippen LogP contribution in [0.1, 0.15) is 16.9 Å². The highest BCUT2D eigenvalue weighted by Gasteiger charge is 2.21. The van der Waals surface area contributed by atoms with Crippen LogP contribution in [-0.2, 0) is 4.79 Å². The molecule has 0 bridgehead atoms. The Morgan fingerprint density at radius 1 is 1.38 bits per heavy atom. The first-order valence-corrected chi connectivity index (χ1v) is 6.18. The Morgan fingerprint density at radius 2 is 2.10 bits per heavy atom. The summed E-state index contributed by atoms with van der Waals surface area (Å²) in [7, 11) is 0. The third kappa shape index (κ3) is 3.28. The van der Waals surface area contributed by atoms with Gasteiger partial charge in [0.1, 0.15) is 11.7 Å². The minimum atomic E-state index is -1.17. The van der Waals surface area contributed by atoms with Crippen molar-refractivity contribution in [3.05, 3.63) is 48.5 Å². The summed E-state index contributed by atoms with van der Waals surface area (Å²) in [6.07, 6.45) is 7.88. The molecular weight excluding hydrogens is 270 g/mol. The molecule has 2 aromatic rings. The van der Waals surface area contributed by atoms with Crippen LogP contribution >= 0.6 is 0 Å². The molecule has 21 heavy (non-hydrogen) atoms. The molecule has 1 aromatic carbocycles. The molecule has 6 heteroatoms. The molecular formula is C15H13N3O3. The number of aromatic nitrogens is 2. The molecule has 0 spiro atoms. The molecule has 1 aromatic heterocycles. The minimum absolute atomic E-state index is 0.0828. The first kappa shape index (κ1) is 14.3. The number of rotatable bonds is 5. The van der Waals surface area contributed by atoms with Crippen LogP contribution in [0.3, 0.4) is 0 Å². The number of carbonyl (C=O) groups is 2. The van der Waals surface area contributed by atoms with Gasteiger partial charge in [-0.1, -0.05) is 18.2 Å². The highest BCUT2D eigenvalue weighted by molar-refractivity contribution is 5.95. The zero-order valence-electron chi connectivity index (χ0n) is 11.1. The lowest BCUT2D eigenvalue weighted by atomic mass is 10.2. The number of para-hydroxylation sites is 1. The maximum absolute atomic E-state index is 12.2. The number of nitrogens with zero attached hydrogens (tertiary/aromatic N) is 2. The van der Waals surface area contributed by atoms with Crippen molar-refractivity contribution >= 4 is 11.9 Å². The number of nitrogens with one attached hydrogen (secondary N) is 1. The van der Waals surface area contributed by atoms with E-state index in [9.17, 15) is 9.59 Å². The van der Waals surface area contributed by atoms with E-state index in [4.69, 9.17) is 11.5 Å². The van der Waals surface area contributed by atoms with Crippen molar-refractivity contribution < 1.29 is 14.7 Å². The van der Waals surface area contributed by atoms with Gasteiger partial charge in [0.15, 0.2) is 0 Å². The molecule has 1 atom stereocenters. The number of aliphatic carboxylic acids is 1. The summed E-state index contributed by atoms with van der Waals surface area (Å²) < 4.78 is 1.57. The molecule has 2 N–H and O–H groups in total. The third-order valence-corrected chi connectivity index (χ3v) is 2.83. The fourth-order valence-electron chi connectivity index (χ4n) is 1.81. The standard InChI is InChI=1S/C15H13N3O3/c1-2-6-12(15(20)21)17-14(19)13-9-16-10-18(13)11-7-4-3-5-8-11/h1,3-5,7-10,12H,6H2,(H,17,19)(H,20,21). The minimum Gasteiger partial charge on any atom is -0.480 e. The smallest absolute Gasteiger partial charge is 0.327 e. The van der Waals surface area contributed by atoms with Gasteiger partial charge >= 0.3 is 5.97 Å². The number of amides is 1. The largest absolute Gasteiger partial charge is 0.480 e. The number of imidazole rings is 1. The summed E-state index contributed by atoms with van der Waals surface area (Å²) >= 11 is 0. The summed E-state index contributed by atoms with van der Waals surface area (Å²) in [6, 6.07) is 8.02. The predicted molar refractivity (Wildman–Crippen MR) is 75.9 cm³/mol. The highest BCUT2D eigenvalue weighted by Crippen LogP contribution is 2.11. The van der Waals surface area contributed by atoms with Gasteiger partial charge in [-0.25, -0.2) is 9.78 Å². The molecule has 0 aliphatic rings. The molecule has 0 radical (unpaired) electrons. The van der Waals surface area contributed by atoms with Gasteiger partial charge in [-0.2, -0.15) is 0 Å². The molecule has 106 valence electrons. The van der Waals surface area contributed by atoms with Crippen molar-refractivity contribution in [3.63, 3.8) is 0 Å². The maximum atomic E-state index is 12.2. The number of carboxylic acid groups (broad SMARTS) is 1. The maximum Gasteiger partial charge on any atom is 0.327 e. The van der Waals surface area contributed by atoms with Gasteiger partial charge in [0, 0.05) is 12.1 Å². The third-order valence-electron chi connectivity index (χ3n) is 2.83.